The molecule has 19 heavy (non-hydrogen) atoms. The maximum atomic E-state index is 12.2. The van der Waals surface area contributed by atoms with E-state index in [0.717, 1.165) is 19.3 Å². The molecule has 108 valence electrons. The number of carboxylic acid groups (broad SMARTS) is 1. The van der Waals surface area contributed by atoms with Crippen LogP contribution in [0.5, 0.6) is 0 Å². The van der Waals surface area contributed by atoms with Gasteiger partial charge in [-0.2, -0.15) is 22.5 Å². The maximum absolute atomic E-state index is 12.2. The van der Waals surface area contributed by atoms with E-state index in [1.807, 2.05) is 0 Å². The first kappa shape index (κ1) is 15.7. The van der Waals surface area contributed by atoms with Crippen molar-refractivity contribution in [3.63, 3.8) is 0 Å². The average Bonchev–Trinajstić information content (AvgIpc) is 2.75. The van der Waals surface area contributed by atoms with Crippen molar-refractivity contribution >= 4 is 22.6 Å². The summed E-state index contributed by atoms with van der Waals surface area (Å²) in [4.78, 5) is 13.6. The summed E-state index contributed by atoms with van der Waals surface area (Å²) < 4.78 is 39.8. The van der Waals surface area contributed by atoms with Crippen molar-refractivity contribution < 1.29 is 23.1 Å². The molecule has 0 spiro atoms. The monoisotopic (exact) mass is 297 g/mol. The molecule has 1 aromatic rings. The normalized spacial score (nSPS) is 11.5. The van der Waals surface area contributed by atoms with Gasteiger partial charge in [-0.05, 0) is 12.8 Å². The predicted octanol–water partition coefficient (Wildman–Crippen LogP) is 3.00. The number of unbranched alkanes of at least 4 members (excludes halogenated alkanes) is 3. The first-order chi connectivity index (χ1) is 8.89. The van der Waals surface area contributed by atoms with Crippen LogP contribution in [-0.4, -0.2) is 27.0 Å². The molecule has 0 saturated heterocycles. The molecule has 1 aromatic heterocycles. The molecule has 1 rings (SSSR count). The lowest BCUT2D eigenvalue weighted by Crippen LogP contribution is -2.08. The summed E-state index contributed by atoms with van der Waals surface area (Å²) in [5, 5.41) is 11.3. The SMILES string of the molecule is O=C(O)CCCCCCNc1nc(C(F)(F)F)ns1. The van der Waals surface area contributed by atoms with Crippen LogP contribution in [0.25, 0.3) is 0 Å². The van der Waals surface area contributed by atoms with E-state index >= 15 is 0 Å². The third-order valence-corrected chi connectivity index (χ3v) is 2.95. The Kier molecular flexibility index (Phi) is 6.00. The lowest BCUT2D eigenvalue weighted by molar-refractivity contribution is -0.144. The molecule has 0 aliphatic carbocycles. The van der Waals surface area contributed by atoms with Gasteiger partial charge in [0.2, 0.25) is 11.0 Å². The molecule has 0 bridgehead atoms. The molecule has 0 radical (unpaired) electrons. The summed E-state index contributed by atoms with van der Waals surface area (Å²) in [5.41, 5.74) is 0. The van der Waals surface area contributed by atoms with E-state index < -0.39 is 18.0 Å². The van der Waals surface area contributed by atoms with Crippen LogP contribution in [0.15, 0.2) is 0 Å². The highest BCUT2D eigenvalue weighted by Crippen LogP contribution is 2.28. The Morgan fingerprint density at radius 3 is 2.53 bits per heavy atom. The highest BCUT2D eigenvalue weighted by atomic mass is 32.1. The second-order valence-electron chi connectivity index (χ2n) is 3.91. The quantitative estimate of drug-likeness (QED) is 0.721. The molecule has 0 amide bonds. The Hall–Kier alpha value is -1.38. The van der Waals surface area contributed by atoms with Gasteiger partial charge in [-0.1, -0.05) is 12.8 Å². The molecule has 5 nitrogen and oxygen atoms in total. The summed E-state index contributed by atoms with van der Waals surface area (Å²) in [6, 6.07) is 0. The zero-order valence-electron chi connectivity index (χ0n) is 10.0. The van der Waals surface area contributed by atoms with Crippen molar-refractivity contribution in [2.24, 2.45) is 0 Å². The molecule has 9 heteroatoms. The molecule has 1 heterocycles. The second-order valence-corrected chi connectivity index (χ2v) is 4.66. The van der Waals surface area contributed by atoms with Crippen LogP contribution >= 0.6 is 11.5 Å². The van der Waals surface area contributed by atoms with E-state index in [9.17, 15) is 18.0 Å². The van der Waals surface area contributed by atoms with Gasteiger partial charge in [0.05, 0.1) is 0 Å². The minimum atomic E-state index is -4.51. The Morgan fingerprint density at radius 2 is 1.95 bits per heavy atom. The number of carbonyl (C=O) groups is 1. The summed E-state index contributed by atoms with van der Waals surface area (Å²) in [5.74, 6) is -1.94. The van der Waals surface area contributed by atoms with Crippen molar-refractivity contribution in [1.82, 2.24) is 9.36 Å². The van der Waals surface area contributed by atoms with E-state index in [1.54, 1.807) is 0 Å². The highest BCUT2D eigenvalue weighted by molar-refractivity contribution is 7.09. The molecule has 2 N–H and O–H groups in total. The standard InChI is InChI=1S/C10H14F3N3O2S/c11-10(12,13)8-15-9(19-16-8)14-6-4-2-1-3-5-7(17)18/h1-6H2,(H,17,18)(H,14,15,16). The Balaban J connectivity index is 2.13. The molecule has 0 fully saturated rings. The molecule has 0 aromatic carbocycles. The van der Waals surface area contributed by atoms with Crippen molar-refractivity contribution in [2.45, 2.75) is 38.3 Å². The number of nitrogens with zero attached hydrogens (tertiary/aromatic N) is 2. The number of nitrogens with one attached hydrogen (secondary N) is 1. The van der Waals surface area contributed by atoms with E-state index in [0.29, 0.717) is 24.5 Å². The molecule has 0 atom stereocenters. The van der Waals surface area contributed by atoms with E-state index in [4.69, 9.17) is 5.11 Å². The molecular formula is C10H14F3N3O2S. The molecule has 0 aliphatic rings. The Bertz CT molecular complexity index is 409. The maximum Gasteiger partial charge on any atom is 0.452 e. The zero-order valence-corrected chi connectivity index (χ0v) is 10.9. The van der Waals surface area contributed by atoms with Gasteiger partial charge in [-0.15, -0.1) is 0 Å². The molecule has 0 unspecified atom stereocenters. The Morgan fingerprint density at radius 1 is 1.26 bits per heavy atom. The molecule has 0 aliphatic heterocycles. The van der Waals surface area contributed by atoms with E-state index in [-0.39, 0.29) is 11.6 Å². The van der Waals surface area contributed by atoms with Gasteiger partial charge in [0.1, 0.15) is 0 Å². The number of rotatable bonds is 8. The summed E-state index contributed by atoms with van der Waals surface area (Å²) in [6.07, 6.45) is -1.37. The van der Waals surface area contributed by atoms with Gasteiger partial charge >= 0.3 is 12.1 Å². The fourth-order valence-electron chi connectivity index (χ4n) is 1.36. The number of aromatic nitrogens is 2. The number of hydrogen-bond donors (Lipinski definition) is 2. The van der Waals surface area contributed by atoms with Crippen molar-refractivity contribution in [1.29, 1.82) is 0 Å². The number of alkyl halides is 3. The first-order valence-corrected chi connectivity index (χ1v) is 6.53. The minimum absolute atomic E-state index is 0.151. The largest absolute Gasteiger partial charge is 0.481 e. The van der Waals surface area contributed by atoms with Gasteiger partial charge in [0.25, 0.3) is 0 Å². The lowest BCUT2D eigenvalue weighted by Gasteiger charge is -2.02. The highest BCUT2D eigenvalue weighted by Gasteiger charge is 2.35. The van der Waals surface area contributed by atoms with E-state index in [1.165, 1.54) is 0 Å². The zero-order chi connectivity index (χ0) is 14.3. The molecule has 0 saturated carbocycles. The number of aliphatic carboxylic acids is 1. The van der Waals surface area contributed by atoms with Crippen molar-refractivity contribution in [3.05, 3.63) is 5.82 Å². The predicted molar refractivity (Wildman–Crippen MR) is 64.1 cm³/mol. The van der Waals surface area contributed by atoms with Gasteiger partial charge in [-0.25, -0.2) is 0 Å². The average molecular weight is 297 g/mol. The van der Waals surface area contributed by atoms with Crippen molar-refractivity contribution in [2.75, 3.05) is 11.9 Å². The van der Waals surface area contributed by atoms with Crippen LogP contribution < -0.4 is 5.32 Å². The first-order valence-electron chi connectivity index (χ1n) is 5.76. The second kappa shape index (κ2) is 7.27. The third-order valence-electron chi connectivity index (χ3n) is 2.27. The lowest BCUT2D eigenvalue weighted by atomic mass is 10.1. The van der Waals surface area contributed by atoms with Crippen LogP contribution in [0.3, 0.4) is 0 Å². The fourth-order valence-corrected chi connectivity index (χ4v) is 1.97. The molecular weight excluding hydrogens is 283 g/mol. The fraction of sp³-hybridized carbons (Fsp3) is 0.700. The number of halogens is 3. The van der Waals surface area contributed by atoms with Gasteiger partial charge in [0.15, 0.2) is 0 Å². The van der Waals surface area contributed by atoms with Crippen molar-refractivity contribution in [3.8, 4) is 0 Å². The number of carboxylic acids is 1. The van der Waals surface area contributed by atoms with Crippen LogP contribution in [-0.2, 0) is 11.0 Å². The summed E-state index contributed by atoms with van der Waals surface area (Å²) >= 11 is 0.679. The minimum Gasteiger partial charge on any atom is -0.481 e. The van der Waals surface area contributed by atoms with Crippen LogP contribution in [0.2, 0.25) is 0 Å². The smallest absolute Gasteiger partial charge is 0.452 e. The summed E-state index contributed by atoms with van der Waals surface area (Å²) in [6.45, 7) is 0.500. The summed E-state index contributed by atoms with van der Waals surface area (Å²) in [7, 11) is 0. The van der Waals surface area contributed by atoms with Crippen LogP contribution in [0, 0.1) is 0 Å². The number of anilines is 1. The van der Waals surface area contributed by atoms with Gasteiger partial charge in [-0.3, -0.25) is 4.79 Å². The number of hydrogen-bond acceptors (Lipinski definition) is 5. The van der Waals surface area contributed by atoms with Gasteiger partial charge in [0, 0.05) is 24.5 Å². The van der Waals surface area contributed by atoms with Crippen LogP contribution in [0.1, 0.15) is 37.9 Å². The van der Waals surface area contributed by atoms with Crippen LogP contribution in [0.4, 0.5) is 18.3 Å². The third kappa shape index (κ3) is 6.37. The van der Waals surface area contributed by atoms with Gasteiger partial charge < -0.3 is 10.4 Å². The van der Waals surface area contributed by atoms with E-state index in [2.05, 4.69) is 14.7 Å². The Labute approximate surface area is 112 Å². The topological polar surface area (TPSA) is 75.1 Å².